The van der Waals surface area contributed by atoms with Gasteiger partial charge in [0.05, 0.1) is 23.6 Å². The van der Waals surface area contributed by atoms with Crippen LogP contribution in [0.2, 0.25) is 0 Å². The van der Waals surface area contributed by atoms with Crippen LogP contribution in [-0.4, -0.2) is 34.3 Å². The van der Waals surface area contributed by atoms with E-state index in [1.54, 1.807) is 35.4 Å². The summed E-state index contributed by atoms with van der Waals surface area (Å²) in [6.45, 7) is 2.97. The molecule has 3 aromatic rings. The Morgan fingerprint density at radius 3 is 2.67 bits per heavy atom. The van der Waals surface area contributed by atoms with Gasteiger partial charge in [0, 0.05) is 18.5 Å². The van der Waals surface area contributed by atoms with Gasteiger partial charge in [-0.2, -0.15) is 0 Å². The molecular weight excluding hydrogens is 479 g/mol. The Morgan fingerprint density at radius 2 is 1.94 bits per heavy atom. The van der Waals surface area contributed by atoms with Gasteiger partial charge in [0.25, 0.3) is 0 Å². The van der Waals surface area contributed by atoms with Crippen LogP contribution >= 0.6 is 11.8 Å². The lowest BCUT2D eigenvalue weighted by atomic mass is 9.94. The van der Waals surface area contributed by atoms with Crippen LogP contribution in [0.4, 0.5) is 10.1 Å². The number of aromatic nitrogens is 1. The average Bonchev–Trinajstić information content (AvgIpc) is 3.26. The highest BCUT2D eigenvalue weighted by molar-refractivity contribution is 8.00. The normalized spacial score (nSPS) is 15.4. The summed E-state index contributed by atoms with van der Waals surface area (Å²) in [7, 11) is 0. The lowest BCUT2D eigenvalue weighted by Crippen LogP contribution is -2.29. The first-order valence-electron chi connectivity index (χ1n) is 12.0. The number of thioether (sulfide) groups is 1. The van der Waals surface area contributed by atoms with Crippen molar-refractivity contribution in [2.75, 3.05) is 17.3 Å². The van der Waals surface area contributed by atoms with Crippen LogP contribution in [0.1, 0.15) is 57.4 Å². The maximum absolute atomic E-state index is 13.4. The molecule has 0 spiro atoms. The molecule has 188 valence electrons. The van der Waals surface area contributed by atoms with E-state index in [1.807, 2.05) is 25.1 Å². The molecule has 1 saturated heterocycles. The van der Waals surface area contributed by atoms with E-state index in [2.05, 4.69) is 4.98 Å². The van der Waals surface area contributed by atoms with Gasteiger partial charge >= 0.3 is 5.97 Å². The fraction of sp³-hybridized carbons (Fsp3) is 0.321. The molecule has 0 saturated carbocycles. The zero-order valence-electron chi connectivity index (χ0n) is 20.2. The second-order valence-electron chi connectivity index (χ2n) is 8.70. The number of pyridine rings is 1. The summed E-state index contributed by atoms with van der Waals surface area (Å²) in [5, 5.41) is 9.51. The molecular formula is C28H29FN2O4S. The number of nitrogens with zero attached hydrogens (tertiary/aromatic N) is 2. The number of carbonyl (C=O) groups is 2. The number of rotatable bonds is 11. The maximum atomic E-state index is 13.4. The van der Waals surface area contributed by atoms with Crippen LogP contribution in [-0.2, 0) is 22.6 Å². The molecule has 1 aromatic heterocycles. The van der Waals surface area contributed by atoms with E-state index < -0.39 is 5.97 Å². The highest BCUT2D eigenvalue weighted by atomic mass is 32.2. The standard InChI is InChI=1S/C28H29FN2O4S/c1-19-23(8-3-2-6-16-35-17-22-7-4-5-15-30-22)24(28(33)34)13-14-25(19)31-26(32)18-36-27(31)20-9-11-21(29)12-10-20/h4-5,7,9-15,27H,2-3,6,8,16-18H2,1H3,(H,33,34). The number of benzene rings is 2. The van der Waals surface area contributed by atoms with Crippen molar-refractivity contribution in [1.82, 2.24) is 4.98 Å². The van der Waals surface area contributed by atoms with Crippen LogP contribution in [0.25, 0.3) is 0 Å². The van der Waals surface area contributed by atoms with E-state index in [0.29, 0.717) is 31.1 Å². The lowest BCUT2D eigenvalue weighted by molar-refractivity contribution is -0.115. The predicted octanol–water partition coefficient (Wildman–Crippen LogP) is 5.94. The minimum Gasteiger partial charge on any atom is -0.478 e. The third-order valence-corrected chi connectivity index (χ3v) is 7.49. The average molecular weight is 509 g/mol. The fourth-order valence-electron chi connectivity index (χ4n) is 4.43. The zero-order valence-corrected chi connectivity index (χ0v) is 21.0. The Labute approximate surface area is 214 Å². The molecule has 2 aromatic carbocycles. The van der Waals surface area contributed by atoms with E-state index in [1.165, 1.54) is 23.9 Å². The summed E-state index contributed by atoms with van der Waals surface area (Å²) in [4.78, 5) is 30.8. The van der Waals surface area contributed by atoms with Crippen molar-refractivity contribution in [2.24, 2.45) is 0 Å². The van der Waals surface area contributed by atoms with Crippen LogP contribution in [0.3, 0.4) is 0 Å². The summed E-state index contributed by atoms with van der Waals surface area (Å²) in [6.07, 6.45) is 4.90. The number of ether oxygens (including phenoxy) is 1. The molecule has 1 atom stereocenters. The number of carbonyl (C=O) groups excluding carboxylic acids is 1. The quantitative estimate of drug-likeness (QED) is 0.323. The van der Waals surface area contributed by atoms with Crippen molar-refractivity contribution < 1.29 is 23.8 Å². The van der Waals surface area contributed by atoms with Gasteiger partial charge in [-0.3, -0.25) is 14.7 Å². The number of halogens is 1. The largest absolute Gasteiger partial charge is 0.478 e. The minimum absolute atomic E-state index is 0.0449. The number of hydrogen-bond donors (Lipinski definition) is 1. The third kappa shape index (κ3) is 6.12. The Morgan fingerprint density at radius 1 is 1.14 bits per heavy atom. The number of carboxylic acid groups (broad SMARTS) is 1. The van der Waals surface area contributed by atoms with Crippen molar-refractivity contribution in [3.05, 3.63) is 94.6 Å². The van der Waals surface area contributed by atoms with E-state index in [0.717, 1.165) is 41.6 Å². The number of aromatic carboxylic acids is 1. The third-order valence-electron chi connectivity index (χ3n) is 6.27. The molecule has 36 heavy (non-hydrogen) atoms. The Hall–Kier alpha value is -3.23. The fourth-order valence-corrected chi connectivity index (χ4v) is 5.60. The van der Waals surface area contributed by atoms with Crippen LogP contribution in [0.5, 0.6) is 0 Å². The molecule has 0 bridgehead atoms. The lowest BCUT2D eigenvalue weighted by Gasteiger charge is -2.27. The molecule has 8 heteroatoms. The van der Waals surface area contributed by atoms with Crippen LogP contribution in [0, 0.1) is 12.7 Å². The smallest absolute Gasteiger partial charge is 0.335 e. The van der Waals surface area contributed by atoms with Gasteiger partial charge in [-0.1, -0.05) is 24.6 Å². The second kappa shape index (κ2) is 12.1. The molecule has 1 amide bonds. The van der Waals surface area contributed by atoms with Gasteiger partial charge in [-0.15, -0.1) is 11.8 Å². The first-order valence-corrected chi connectivity index (χ1v) is 13.0. The van der Waals surface area contributed by atoms with Gasteiger partial charge in [-0.05, 0) is 79.3 Å². The van der Waals surface area contributed by atoms with E-state index in [4.69, 9.17) is 4.74 Å². The summed E-state index contributed by atoms with van der Waals surface area (Å²) < 4.78 is 19.1. The first-order chi connectivity index (χ1) is 17.5. The maximum Gasteiger partial charge on any atom is 0.335 e. The van der Waals surface area contributed by atoms with E-state index >= 15 is 0 Å². The molecule has 1 fully saturated rings. The van der Waals surface area contributed by atoms with Crippen LogP contribution < -0.4 is 4.90 Å². The summed E-state index contributed by atoms with van der Waals surface area (Å²) in [5.41, 5.74) is 4.24. The molecule has 0 radical (unpaired) electrons. The van der Waals surface area contributed by atoms with Crippen molar-refractivity contribution in [3.8, 4) is 0 Å². The summed E-state index contributed by atoms with van der Waals surface area (Å²) in [6, 6.07) is 15.2. The van der Waals surface area contributed by atoms with Gasteiger partial charge in [0.15, 0.2) is 0 Å². The molecule has 1 unspecified atom stereocenters. The van der Waals surface area contributed by atoms with E-state index in [-0.39, 0.29) is 22.7 Å². The van der Waals surface area contributed by atoms with Crippen molar-refractivity contribution in [2.45, 2.75) is 44.6 Å². The zero-order chi connectivity index (χ0) is 25.5. The van der Waals surface area contributed by atoms with E-state index in [9.17, 15) is 19.1 Å². The number of hydrogen-bond acceptors (Lipinski definition) is 5. The molecule has 1 aliphatic heterocycles. The second-order valence-corrected chi connectivity index (χ2v) is 9.77. The Kier molecular flexibility index (Phi) is 8.72. The number of carboxylic acids is 1. The number of unbranched alkanes of at least 4 members (excludes halogenated alkanes) is 2. The predicted molar refractivity (Wildman–Crippen MR) is 139 cm³/mol. The highest BCUT2D eigenvalue weighted by Gasteiger charge is 2.35. The Bertz CT molecular complexity index is 1200. The van der Waals surface area contributed by atoms with Crippen molar-refractivity contribution in [1.29, 1.82) is 0 Å². The first kappa shape index (κ1) is 25.9. The SMILES string of the molecule is Cc1c(N2C(=O)CSC2c2ccc(F)cc2)ccc(C(=O)O)c1CCCCCOCc1ccccn1. The van der Waals surface area contributed by atoms with Gasteiger partial charge in [0.2, 0.25) is 5.91 Å². The minimum atomic E-state index is -0.976. The molecule has 1 aliphatic rings. The van der Waals surface area contributed by atoms with Gasteiger partial charge in [-0.25, -0.2) is 9.18 Å². The summed E-state index contributed by atoms with van der Waals surface area (Å²) in [5.74, 6) is -1.03. The summed E-state index contributed by atoms with van der Waals surface area (Å²) >= 11 is 1.48. The molecule has 1 N–H and O–H groups in total. The monoisotopic (exact) mass is 508 g/mol. The molecule has 0 aliphatic carbocycles. The van der Waals surface area contributed by atoms with Crippen molar-refractivity contribution in [3.63, 3.8) is 0 Å². The molecule has 2 heterocycles. The van der Waals surface area contributed by atoms with Gasteiger partial charge in [0.1, 0.15) is 11.2 Å². The topological polar surface area (TPSA) is 79.7 Å². The molecule has 4 rings (SSSR count). The van der Waals surface area contributed by atoms with Gasteiger partial charge < -0.3 is 9.84 Å². The van der Waals surface area contributed by atoms with Crippen LogP contribution in [0.15, 0.2) is 60.8 Å². The highest BCUT2D eigenvalue weighted by Crippen LogP contribution is 2.43. The number of anilines is 1. The Balaban J connectivity index is 1.43. The van der Waals surface area contributed by atoms with Crippen molar-refractivity contribution >= 4 is 29.3 Å². The molecule has 6 nitrogen and oxygen atoms in total. The number of amides is 1.